The van der Waals surface area contributed by atoms with E-state index in [0.717, 1.165) is 6.42 Å². The highest BCUT2D eigenvalue weighted by molar-refractivity contribution is 6.51. The first-order valence-corrected chi connectivity index (χ1v) is 10.3. The monoisotopic (exact) mass is 433 g/mol. The molecule has 164 valence electrons. The van der Waals surface area contributed by atoms with Gasteiger partial charge in [-0.25, -0.2) is 0 Å². The molecular formula is C25H23NO6. The molecule has 1 atom stereocenters. The summed E-state index contributed by atoms with van der Waals surface area (Å²) in [6, 6.07) is 16.0. The zero-order valence-corrected chi connectivity index (χ0v) is 17.8. The van der Waals surface area contributed by atoms with Crippen LogP contribution in [0.4, 0.5) is 5.69 Å². The number of carbonyl (C=O) groups is 2. The number of anilines is 1. The van der Waals surface area contributed by atoms with Crippen LogP contribution in [0.2, 0.25) is 0 Å². The zero-order valence-electron chi connectivity index (χ0n) is 17.8. The van der Waals surface area contributed by atoms with E-state index in [0.29, 0.717) is 35.1 Å². The minimum Gasteiger partial charge on any atom is -0.507 e. The van der Waals surface area contributed by atoms with Gasteiger partial charge >= 0.3 is 0 Å². The third-order valence-corrected chi connectivity index (χ3v) is 5.19. The summed E-state index contributed by atoms with van der Waals surface area (Å²) in [6.07, 6.45) is 2.30. The summed E-state index contributed by atoms with van der Waals surface area (Å²) in [5, 5.41) is 11.1. The predicted molar refractivity (Wildman–Crippen MR) is 119 cm³/mol. The summed E-state index contributed by atoms with van der Waals surface area (Å²) >= 11 is 0. The van der Waals surface area contributed by atoms with Gasteiger partial charge in [-0.05, 0) is 55.0 Å². The first-order chi connectivity index (χ1) is 15.5. The average Bonchev–Trinajstić information content (AvgIpc) is 3.44. The summed E-state index contributed by atoms with van der Waals surface area (Å²) in [6.45, 7) is 2.52. The van der Waals surface area contributed by atoms with Crippen LogP contribution < -0.4 is 14.4 Å². The number of furan rings is 1. The van der Waals surface area contributed by atoms with E-state index in [2.05, 4.69) is 0 Å². The van der Waals surface area contributed by atoms with E-state index in [1.807, 2.05) is 6.92 Å². The molecule has 1 unspecified atom stereocenters. The van der Waals surface area contributed by atoms with E-state index < -0.39 is 17.7 Å². The molecule has 1 fully saturated rings. The van der Waals surface area contributed by atoms with E-state index in [-0.39, 0.29) is 11.3 Å². The van der Waals surface area contributed by atoms with Gasteiger partial charge in [-0.3, -0.25) is 14.5 Å². The molecule has 7 nitrogen and oxygen atoms in total. The zero-order chi connectivity index (χ0) is 22.7. The van der Waals surface area contributed by atoms with Gasteiger partial charge in [0.25, 0.3) is 11.7 Å². The minimum absolute atomic E-state index is 0.0478. The number of aliphatic hydroxyl groups is 1. The van der Waals surface area contributed by atoms with Crippen molar-refractivity contribution >= 4 is 23.1 Å². The summed E-state index contributed by atoms with van der Waals surface area (Å²) in [5.41, 5.74) is 0.810. The Labute approximate surface area is 185 Å². The second-order valence-electron chi connectivity index (χ2n) is 7.26. The highest BCUT2D eigenvalue weighted by Crippen LogP contribution is 2.42. The molecule has 1 aliphatic rings. The largest absolute Gasteiger partial charge is 0.507 e. The number of amides is 1. The minimum atomic E-state index is -0.918. The molecule has 1 amide bonds. The lowest BCUT2D eigenvalue weighted by atomic mass is 9.99. The fraction of sp³-hybridized carbons (Fsp3) is 0.200. The van der Waals surface area contributed by atoms with Gasteiger partial charge in [0.15, 0.2) is 0 Å². The van der Waals surface area contributed by atoms with Crippen molar-refractivity contribution in [3.8, 4) is 11.5 Å². The van der Waals surface area contributed by atoms with Crippen molar-refractivity contribution in [1.82, 2.24) is 0 Å². The summed E-state index contributed by atoms with van der Waals surface area (Å²) in [4.78, 5) is 27.5. The first kappa shape index (κ1) is 21.2. The van der Waals surface area contributed by atoms with Crippen molar-refractivity contribution in [1.29, 1.82) is 0 Å². The molecule has 3 aromatic rings. The number of rotatable bonds is 7. The third kappa shape index (κ3) is 3.85. The maximum atomic E-state index is 13.1. The molecule has 0 saturated carbocycles. The van der Waals surface area contributed by atoms with Crippen LogP contribution in [-0.4, -0.2) is 30.5 Å². The molecule has 0 spiro atoms. The number of methoxy groups -OCH3 is 1. The van der Waals surface area contributed by atoms with E-state index in [1.165, 1.54) is 11.2 Å². The normalized spacial score (nSPS) is 17.6. The number of nitrogens with zero attached hydrogens (tertiary/aromatic N) is 1. The van der Waals surface area contributed by atoms with Crippen LogP contribution in [-0.2, 0) is 9.59 Å². The van der Waals surface area contributed by atoms with Gasteiger partial charge < -0.3 is 19.0 Å². The highest BCUT2D eigenvalue weighted by Gasteiger charge is 2.48. The van der Waals surface area contributed by atoms with Crippen LogP contribution in [0.5, 0.6) is 11.5 Å². The van der Waals surface area contributed by atoms with Crippen LogP contribution in [0.25, 0.3) is 5.76 Å². The summed E-state index contributed by atoms with van der Waals surface area (Å²) in [5.74, 6) is -0.294. The molecule has 1 saturated heterocycles. The van der Waals surface area contributed by atoms with Crippen LogP contribution in [0.3, 0.4) is 0 Å². The molecular weight excluding hydrogens is 410 g/mol. The Balaban J connectivity index is 1.83. The number of benzene rings is 2. The molecule has 4 rings (SSSR count). The van der Waals surface area contributed by atoms with Gasteiger partial charge in [0, 0.05) is 11.3 Å². The topological polar surface area (TPSA) is 89.2 Å². The van der Waals surface area contributed by atoms with Gasteiger partial charge in [-0.1, -0.05) is 19.1 Å². The standard InChI is InChI=1S/C25H23NO6/c1-3-13-31-19-7-4-6-16(15-19)23(27)21-22(20-8-5-14-32-20)26(25(29)24(21)28)17-9-11-18(30-2)12-10-17/h4-12,14-15,22,27H,3,13H2,1-2H3/b23-21-. The Bertz CT molecular complexity index is 1150. The van der Waals surface area contributed by atoms with Crippen molar-refractivity contribution in [3.63, 3.8) is 0 Å². The maximum absolute atomic E-state index is 13.1. The van der Waals surface area contributed by atoms with E-state index in [4.69, 9.17) is 13.9 Å². The second kappa shape index (κ2) is 9.01. The fourth-order valence-electron chi connectivity index (χ4n) is 3.67. The van der Waals surface area contributed by atoms with Gasteiger partial charge in [0.2, 0.25) is 0 Å². The summed E-state index contributed by atoms with van der Waals surface area (Å²) < 4.78 is 16.4. The molecule has 1 aliphatic heterocycles. The number of aliphatic hydroxyl groups excluding tert-OH is 1. The SMILES string of the molecule is CCCOc1cccc(/C(O)=C2/C(=O)C(=O)N(c3ccc(OC)cc3)C2c2ccco2)c1. The highest BCUT2D eigenvalue weighted by atomic mass is 16.5. The summed E-state index contributed by atoms with van der Waals surface area (Å²) in [7, 11) is 1.54. The Hall–Kier alpha value is -4.00. The smallest absolute Gasteiger partial charge is 0.300 e. The van der Waals surface area contributed by atoms with E-state index in [1.54, 1.807) is 67.8 Å². The lowest BCUT2D eigenvalue weighted by molar-refractivity contribution is -0.132. The molecule has 0 bridgehead atoms. The lowest BCUT2D eigenvalue weighted by Gasteiger charge is -2.23. The third-order valence-electron chi connectivity index (χ3n) is 5.19. The quantitative estimate of drug-likeness (QED) is 0.330. The number of ether oxygens (including phenoxy) is 2. The molecule has 0 radical (unpaired) electrons. The maximum Gasteiger partial charge on any atom is 0.300 e. The van der Waals surface area contributed by atoms with Crippen molar-refractivity contribution in [2.24, 2.45) is 0 Å². The average molecular weight is 433 g/mol. The molecule has 7 heteroatoms. The Morgan fingerprint density at radius 2 is 1.84 bits per heavy atom. The Morgan fingerprint density at radius 3 is 2.50 bits per heavy atom. The van der Waals surface area contributed by atoms with Crippen LogP contribution in [0.15, 0.2) is 76.9 Å². The molecule has 1 aromatic heterocycles. The first-order valence-electron chi connectivity index (χ1n) is 10.3. The van der Waals surface area contributed by atoms with E-state index in [9.17, 15) is 14.7 Å². The fourth-order valence-corrected chi connectivity index (χ4v) is 3.67. The van der Waals surface area contributed by atoms with Crippen molar-refractivity contribution < 1.29 is 28.6 Å². The molecule has 0 aliphatic carbocycles. The number of hydrogen-bond acceptors (Lipinski definition) is 6. The molecule has 32 heavy (non-hydrogen) atoms. The van der Waals surface area contributed by atoms with Crippen molar-refractivity contribution in [2.75, 3.05) is 18.6 Å². The number of Topliss-reactive ketones (excluding diaryl/α,β-unsaturated/α-hetero) is 1. The molecule has 2 aromatic carbocycles. The van der Waals surface area contributed by atoms with Crippen molar-refractivity contribution in [2.45, 2.75) is 19.4 Å². The number of carbonyl (C=O) groups excluding carboxylic acids is 2. The van der Waals surface area contributed by atoms with Gasteiger partial charge in [0.05, 0.1) is 25.6 Å². The predicted octanol–water partition coefficient (Wildman–Crippen LogP) is 4.70. The van der Waals surface area contributed by atoms with Gasteiger partial charge in [-0.15, -0.1) is 0 Å². The van der Waals surface area contributed by atoms with Crippen LogP contribution in [0, 0.1) is 0 Å². The number of hydrogen-bond donors (Lipinski definition) is 1. The Morgan fingerprint density at radius 1 is 1.06 bits per heavy atom. The van der Waals surface area contributed by atoms with Crippen molar-refractivity contribution in [3.05, 3.63) is 83.8 Å². The van der Waals surface area contributed by atoms with Gasteiger partial charge in [-0.2, -0.15) is 0 Å². The lowest BCUT2D eigenvalue weighted by Crippen LogP contribution is -2.29. The Kier molecular flexibility index (Phi) is 5.98. The molecule has 1 N–H and O–H groups in total. The second-order valence-corrected chi connectivity index (χ2v) is 7.26. The molecule has 2 heterocycles. The van der Waals surface area contributed by atoms with Crippen LogP contribution >= 0.6 is 0 Å². The number of ketones is 1. The van der Waals surface area contributed by atoms with Gasteiger partial charge in [0.1, 0.15) is 29.1 Å². The van der Waals surface area contributed by atoms with E-state index >= 15 is 0 Å². The van der Waals surface area contributed by atoms with Crippen LogP contribution in [0.1, 0.15) is 30.7 Å².